The van der Waals surface area contributed by atoms with E-state index in [1.165, 1.54) is 0 Å². The molecule has 0 radical (unpaired) electrons. The first kappa shape index (κ1) is 45.1. The van der Waals surface area contributed by atoms with Gasteiger partial charge in [0.1, 0.15) is 0 Å². The van der Waals surface area contributed by atoms with Gasteiger partial charge in [-0.25, -0.2) is 0 Å². The van der Waals surface area contributed by atoms with E-state index >= 15 is 0 Å². The van der Waals surface area contributed by atoms with E-state index in [0.717, 1.165) is 0 Å². The molecule has 14 nitrogen and oxygen atoms in total. The molecule has 0 aliphatic rings. The third-order valence-corrected chi connectivity index (χ3v) is 3.44. The normalized spacial score (nSPS) is 9.94. The fourth-order valence-corrected chi connectivity index (χ4v) is 1.98. The minimum absolute atomic E-state index is 0. The van der Waals surface area contributed by atoms with Gasteiger partial charge in [-0.1, -0.05) is 0 Å². The van der Waals surface area contributed by atoms with Crippen LogP contribution in [-0.4, -0.2) is 193 Å². The topological polar surface area (TPSA) is 227 Å². The maximum absolute atomic E-state index is 8.48. The van der Waals surface area contributed by atoms with Crippen molar-refractivity contribution in [2.24, 2.45) is 0 Å². The van der Waals surface area contributed by atoms with Gasteiger partial charge in [-0.15, -0.1) is 0 Å². The molecule has 0 spiro atoms. The van der Waals surface area contributed by atoms with E-state index in [-0.39, 0.29) is 87.8 Å². The fourth-order valence-electron chi connectivity index (χ4n) is 1.98. The summed E-state index contributed by atoms with van der Waals surface area (Å²) in [4.78, 5) is 3.58. The zero-order chi connectivity index (χ0) is 26.7. The Bertz CT molecular complexity index is 253. The van der Waals surface area contributed by atoms with Gasteiger partial charge < -0.3 is 60.5 Å². The molecule has 0 bridgehead atoms. The van der Waals surface area contributed by atoms with Crippen LogP contribution in [0.3, 0.4) is 0 Å². The number of aliphatic hydroxyl groups excluding tert-OH is 10. The van der Waals surface area contributed by atoms with Crippen molar-refractivity contribution in [1.82, 2.24) is 9.80 Å². The Morgan fingerprint density at radius 3 is 0.600 bits per heavy atom. The molecule has 0 saturated carbocycles. The number of aliphatic hydroxyl groups is 10. The molecule has 0 aromatic carbocycles. The van der Waals surface area contributed by atoms with E-state index in [2.05, 4.69) is 9.47 Å². The molecule has 0 aromatic rings. The van der Waals surface area contributed by atoms with Crippen LogP contribution in [0.25, 0.3) is 0 Å². The van der Waals surface area contributed by atoms with Gasteiger partial charge in [0, 0.05) is 61.0 Å². The minimum Gasteiger partial charge on any atom is -0.395 e. The molecule has 0 aromatic heterocycles. The Hall–Kier alpha value is 0.154. The van der Waals surface area contributed by atoms with E-state index in [0.29, 0.717) is 65.7 Å². The zero-order valence-electron chi connectivity index (χ0n) is 20.8. The van der Waals surface area contributed by atoms with Crippen molar-refractivity contribution in [2.75, 3.05) is 132 Å². The third-order valence-electron chi connectivity index (χ3n) is 3.44. The molecular formula is C20H50N2O12Ti. The van der Waals surface area contributed by atoms with Gasteiger partial charge >= 0.3 is 0 Å². The van der Waals surface area contributed by atoms with E-state index in [1.807, 2.05) is 0 Å². The Morgan fingerprint density at radius 1 is 0.314 bits per heavy atom. The van der Waals surface area contributed by atoms with Crippen LogP contribution in [0.15, 0.2) is 0 Å². The summed E-state index contributed by atoms with van der Waals surface area (Å²) in [7, 11) is 0. The van der Waals surface area contributed by atoms with Gasteiger partial charge in [-0.3, -0.25) is 9.80 Å². The van der Waals surface area contributed by atoms with Crippen LogP contribution in [0.5, 0.6) is 0 Å². The SMILES string of the molecule is OCCN(CCO)CCO.OCCN(CCO)CCO.OCCOCCO.OCCOCCO.[Ti]. The molecule has 0 amide bonds. The third kappa shape index (κ3) is 51.6. The monoisotopic (exact) mass is 558 g/mol. The van der Waals surface area contributed by atoms with Gasteiger partial charge in [-0.05, 0) is 0 Å². The molecule has 0 heterocycles. The molecule has 0 rings (SSSR count). The second kappa shape index (κ2) is 47.4. The van der Waals surface area contributed by atoms with Crippen molar-refractivity contribution in [2.45, 2.75) is 0 Å². The van der Waals surface area contributed by atoms with Crippen LogP contribution < -0.4 is 0 Å². The van der Waals surface area contributed by atoms with Gasteiger partial charge in [0.05, 0.1) is 92.5 Å². The molecule has 216 valence electrons. The number of rotatable bonds is 20. The van der Waals surface area contributed by atoms with Gasteiger partial charge in [0.15, 0.2) is 0 Å². The summed E-state index contributed by atoms with van der Waals surface area (Å²) in [6.45, 7) is 4.90. The first-order valence-electron chi connectivity index (χ1n) is 11.2. The van der Waals surface area contributed by atoms with Crippen LogP contribution in [0, 0.1) is 0 Å². The van der Waals surface area contributed by atoms with Crippen LogP contribution in [0.2, 0.25) is 0 Å². The predicted molar refractivity (Wildman–Crippen MR) is 125 cm³/mol. The van der Waals surface area contributed by atoms with E-state index in [4.69, 9.17) is 51.1 Å². The average Bonchev–Trinajstić information content (AvgIpc) is 2.82. The van der Waals surface area contributed by atoms with Gasteiger partial charge in [0.2, 0.25) is 0 Å². The number of ether oxygens (including phenoxy) is 2. The average molecular weight is 558 g/mol. The smallest absolute Gasteiger partial charge is 0.0698 e. The zero-order valence-corrected chi connectivity index (χ0v) is 22.4. The summed E-state index contributed by atoms with van der Waals surface area (Å²) in [5, 5.41) is 83.3. The van der Waals surface area contributed by atoms with E-state index < -0.39 is 0 Å². The Labute approximate surface area is 223 Å². The standard InChI is InChI=1S/2C6H15NO3.2C4H10O3.Ti/c2*8-4-1-7(2-5-9)3-6-10;2*5-1-3-7-4-2-6;/h2*8-10H,1-6H2;2*5-6H,1-4H2;. The number of nitrogens with zero attached hydrogens (tertiary/aromatic N) is 2. The second-order valence-corrected chi connectivity index (χ2v) is 6.14. The molecular weight excluding hydrogens is 508 g/mol. The van der Waals surface area contributed by atoms with Crippen molar-refractivity contribution in [3.8, 4) is 0 Å². The van der Waals surface area contributed by atoms with Crippen LogP contribution in [0.1, 0.15) is 0 Å². The maximum Gasteiger partial charge on any atom is 0.0698 e. The number of hydrogen-bond donors (Lipinski definition) is 10. The quantitative estimate of drug-likeness (QED) is 0.0497. The minimum atomic E-state index is 0. The van der Waals surface area contributed by atoms with Crippen molar-refractivity contribution in [1.29, 1.82) is 0 Å². The summed E-state index contributed by atoms with van der Waals surface area (Å²) >= 11 is 0. The van der Waals surface area contributed by atoms with Gasteiger partial charge in [-0.2, -0.15) is 0 Å². The first-order chi connectivity index (χ1) is 16.5. The van der Waals surface area contributed by atoms with Crippen molar-refractivity contribution in [3.05, 3.63) is 0 Å². The predicted octanol–water partition coefficient (Wildman–Crippen LogP) is -5.50. The number of hydrogen-bond acceptors (Lipinski definition) is 14. The first-order valence-corrected chi connectivity index (χ1v) is 11.2. The molecule has 0 aliphatic carbocycles. The molecule has 15 heteroatoms. The molecule has 0 atom stereocenters. The van der Waals surface area contributed by atoms with Crippen molar-refractivity contribution < 1.29 is 82.3 Å². The summed E-state index contributed by atoms with van der Waals surface area (Å²) < 4.78 is 9.26. The summed E-state index contributed by atoms with van der Waals surface area (Å²) in [6, 6.07) is 0. The fraction of sp³-hybridized carbons (Fsp3) is 1.00. The molecule has 35 heavy (non-hydrogen) atoms. The van der Waals surface area contributed by atoms with Crippen molar-refractivity contribution in [3.63, 3.8) is 0 Å². The molecule has 0 fully saturated rings. The van der Waals surface area contributed by atoms with Crippen LogP contribution in [0.4, 0.5) is 0 Å². The van der Waals surface area contributed by atoms with E-state index in [1.54, 1.807) is 9.80 Å². The summed E-state index contributed by atoms with van der Waals surface area (Å²) in [5.41, 5.74) is 0. The molecule has 0 unspecified atom stereocenters. The largest absolute Gasteiger partial charge is 0.395 e. The Morgan fingerprint density at radius 2 is 0.486 bits per heavy atom. The Kier molecular flexibility index (Phi) is 61.0. The summed E-state index contributed by atoms with van der Waals surface area (Å²) in [5.74, 6) is 0. The summed E-state index contributed by atoms with van der Waals surface area (Å²) in [6.07, 6.45) is 0. The Balaban J connectivity index is -0.000000115. The maximum atomic E-state index is 8.48. The molecule has 0 saturated heterocycles. The van der Waals surface area contributed by atoms with Gasteiger partial charge in [0.25, 0.3) is 0 Å². The molecule has 0 aliphatic heterocycles. The molecule has 10 N–H and O–H groups in total. The van der Waals surface area contributed by atoms with Crippen LogP contribution >= 0.6 is 0 Å². The van der Waals surface area contributed by atoms with Crippen LogP contribution in [-0.2, 0) is 31.2 Å². The van der Waals surface area contributed by atoms with E-state index in [9.17, 15) is 0 Å². The second-order valence-electron chi connectivity index (χ2n) is 6.14. The van der Waals surface area contributed by atoms with Crippen molar-refractivity contribution >= 4 is 0 Å².